The lowest BCUT2D eigenvalue weighted by atomic mass is 10.2. The summed E-state index contributed by atoms with van der Waals surface area (Å²) >= 11 is 1.73. The van der Waals surface area contributed by atoms with Crippen LogP contribution in [0, 0.1) is 6.92 Å². The quantitative estimate of drug-likeness (QED) is 0.488. The van der Waals surface area contributed by atoms with Crippen molar-refractivity contribution in [1.82, 2.24) is 19.9 Å². The van der Waals surface area contributed by atoms with Crippen LogP contribution in [0.2, 0.25) is 0 Å². The zero-order chi connectivity index (χ0) is 20.8. The van der Waals surface area contributed by atoms with E-state index in [1.165, 1.54) is 23.1 Å². The molecule has 8 heteroatoms. The largest absolute Gasteiger partial charge is 0.354 e. The van der Waals surface area contributed by atoms with E-state index in [-0.39, 0.29) is 0 Å². The fourth-order valence-electron chi connectivity index (χ4n) is 4.68. The average molecular weight is 432 g/mol. The Kier molecular flexibility index (Phi) is 4.60. The molecule has 5 heterocycles. The Morgan fingerprint density at radius 2 is 1.32 bits per heavy atom. The zero-order valence-electron chi connectivity index (χ0n) is 17.7. The minimum Gasteiger partial charge on any atom is -0.354 e. The van der Waals surface area contributed by atoms with E-state index in [1.54, 1.807) is 17.7 Å². The summed E-state index contributed by atoms with van der Waals surface area (Å²) in [7, 11) is 0. The Bertz CT molecular complexity index is 1240. The van der Waals surface area contributed by atoms with E-state index < -0.39 is 0 Å². The fourth-order valence-corrected chi connectivity index (χ4v) is 5.52. The predicted molar refractivity (Wildman–Crippen MR) is 128 cm³/mol. The van der Waals surface area contributed by atoms with E-state index in [0.29, 0.717) is 0 Å². The van der Waals surface area contributed by atoms with Crippen molar-refractivity contribution in [2.24, 2.45) is 0 Å². The van der Waals surface area contributed by atoms with Crippen molar-refractivity contribution >= 4 is 50.0 Å². The fraction of sp³-hybridized carbons (Fsp3) is 0.391. The van der Waals surface area contributed by atoms with Crippen LogP contribution in [0.5, 0.6) is 0 Å². The molecule has 31 heavy (non-hydrogen) atoms. The number of fused-ring (bicyclic) bond motifs is 2. The lowest BCUT2D eigenvalue weighted by Gasteiger charge is -2.37. The number of rotatable bonds is 3. The molecule has 0 spiro atoms. The van der Waals surface area contributed by atoms with Gasteiger partial charge < -0.3 is 14.7 Å². The second kappa shape index (κ2) is 7.60. The number of hydrogen-bond acceptors (Lipinski definition) is 8. The van der Waals surface area contributed by atoms with Gasteiger partial charge in [-0.15, -0.1) is 11.3 Å². The van der Waals surface area contributed by atoms with Crippen LogP contribution in [0.25, 0.3) is 21.3 Å². The third-order valence-electron chi connectivity index (χ3n) is 6.25. The summed E-state index contributed by atoms with van der Waals surface area (Å²) in [5, 5.41) is 1.17. The molecule has 3 aromatic heterocycles. The van der Waals surface area contributed by atoms with Crippen molar-refractivity contribution in [3.63, 3.8) is 0 Å². The van der Waals surface area contributed by atoms with E-state index in [1.807, 2.05) is 12.1 Å². The number of piperazine rings is 1. The number of aryl methyl sites for hydroxylation is 1. The predicted octanol–water partition coefficient (Wildman–Crippen LogP) is 3.87. The molecule has 0 N–H and O–H groups in total. The van der Waals surface area contributed by atoms with Crippen LogP contribution in [-0.4, -0.2) is 59.2 Å². The minimum atomic E-state index is 0.905. The van der Waals surface area contributed by atoms with E-state index in [0.717, 1.165) is 72.6 Å². The van der Waals surface area contributed by atoms with Crippen LogP contribution >= 0.6 is 11.3 Å². The first kappa shape index (κ1) is 18.7. The Labute approximate surface area is 185 Å². The van der Waals surface area contributed by atoms with Crippen LogP contribution in [0.15, 0.2) is 36.7 Å². The summed E-state index contributed by atoms with van der Waals surface area (Å²) in [6.45, 7) is 7.90. The third kappa shape index (κ3) is 3.35. The van der Waals surface area contributed by atoms with Gasteiger partial charge in [0, 0.05) is 44.1 Å². The van der Waals surface area contributed by atoms with Gasteiger partial charge in [0.15, 0.2) is 11.6 Å². The molecule has 0 aliphatic carbocycles. The number of thiophene rings is 1. The molecule has 7 nitrogen and oxygen atoms in total. The van der Waals surface area contributed by atoms with Gasteiger partial charge in [-0.1, -0.05) is 12.1 Å². The topological polar surface area (TPSA) is 61.3 Å². The normalized spacial score (nSPS) is 17.3. The van der Waals surface area contributed by atoms with Crippen LogP contribution in [0.1, 0.15) is 17.7 Å². The number of benzene rings is 1. The highest BCUT2D eigenvalue weighted by molar-refractivity contribution is 7.18. The van der Waals surface area contributed by atoms with Crippen molar-refractivity contribution in [1.29, 1.82) is 0 Å². The number of anilines is 3. The molecule has 0 amide bonds. The molecule has 0 unspecified atom stereocenters. The van der Waals surface area contributed by atoms with Gasteiger partial charge >= 0.3 is 0 Å². The zero-order valence-corrected chi connectivity index (χ0v) is 18.5. The Morgan fingerprint density at radius 3 is 1.97 bits per heavy atom. The first-order valence-corrected chi connectivity index (χ1v) is 11.8. The van der Waals surface area contributed by atoms with Gasteiger partial charge in [0.2, 0.25) is 0 Å². The molecule has 2 aliphatic rings. The van der Waals surface area contributed by atoms with Gasteiger partial charge in [0.1, 0.15) is 17.0 Å². The van der Waals surface area contributed by atoms with Crippen LogP contribution in [-0.2, 0) is 0 Å². The highest BCUT2D eigenvalue weighted by Gasteiger charge is 2.27. The van der Waals surface area contributed by atoms with E-state index in [2.05, 4.69) is 49.8 Å². The molecule has 2 fully saturated rings. The number of nitrogens with zero attached hydrogens (tertiary/aromatic N) is 7. The maximum Gasteiger partial charge on any atom is 0.172 e. The van der Waals surface area contributed by atoms with Crippen molar-refractivity contribution in [2.45, 2.75) is 19.8 Å². The number of hydrogen-bond donors (Lipinski definition) is 0. The smallest absolute Gasteiger partial charge is 0.172 e. The second-order valence-electron chi connectivity index (χ2n) is 8.30. The summed E-state index contributed by atoms with van der Waals surface area (Å²) in [5.41, 5.74) is 1.94. The lowest BCUT2D eigenvalue weighted by molar-refractivity contribution is 0.642. The maximum absolute atomic E-state index is 5.07. The Balaban J connectivity index is 1.31. The highest BCUT2D eigenvalue weighted by Crippen LogP contribution is 2.33. The molecule has 2 saturated heterocycles. The van der Waals surface area contributed by atoms with Gasteiger partial charge in [-0.25, -0.2) is 19.9 Å². The van der Waals surface area contributed by atoms with Gasteiger partial charge in [0.05, 0.1) is 16.4 Å². The number of para-hydroxylation sites is 2. The molecule has 0 bridgehead atoms. The van der Waals surface area contributed by atoms with Gasteiger partial charge in [-0.3, -0.25) is 0 Å². The van der Waals surface area contributed by atoms with Crippen molar-refractivity contribution in [2.75, 3.05) is 54.0 Å². The van der Waals surface area contributed by atoms with E-state index in [9.17, 15) is 0 Å². The summed E-state index contributed by atoms with van der Waals surface area (Å²) in [6.07, 6.45) is 4.15. The van der Waals surface area contributed by atoms with E-state index in [4.69, 9.17) is 9.97 Å². The average Bonchev–Trinajstić information content (AvgIpc) is 3.47. The van der Waals surface area contributed by atoms with Crippen molar-refractivity contribution in [3.8, 4) is 0 Å². The first-order valence-electron chi connectivity index (χ1n) is 11.0. The molecule has 2 aliphatic heterocycles. The summed E-state index contributed by atoms with van der Waals surface area (Å²) in [4.78, 5) is 28.7. The molecule has 0 radical (unpaired) electrons. The molecule has 1 aromatic carbocycles. The lowest BCUT2D eigenvalue weighted by Crippen LogP contribution is -2.47. The van der Waals surface area contributed by atoms with Crippen LogP contribution in [0.4, 0.5) is 17.5 Å². The van der Waals surface area contributed by atoms with Crippen molar-refractivity contribution < 1.29 is 0 Å². The minimum absolute atomic E-state index is 0.905. The molecule has 0 atom stereocenters. The van der Waals surface area contributed by atoms with Crippen molar-refractivity contribution in [3.05, 3.63) is 41.5 Å². The summed E-state index contributed by atoms with van der Waals surface area (Å²) < 4.78 is 0. The highest BCUT2D eigenvalue weighted by atomic mass is 32.1. The monoisotopic (exact) mass is 431 g/mol. The van der Waals surface area contributed by atoms with Crippen LogP contribution in [0.3, 0.4) is 0 Å². The standard InChI is InChI=1S/C23H25N7S/c1-16-14-17-20(24-15-25-23(17)31-16)29-10-12-30(13-11-29)22-21(28-8-4-5-9-28)26-18-6-2-3-7-19(18)27-22/h2-3,6-7,14-15H,4-5,8-13H2,1H3. The molecule has 6 rings (SSSR count). The molecule has 158 valence electrons. The summed E-state index contributed by atoms with van der Waals surface area (Å²) in [5.74, 6) is 3.13. The van der Waals surface area contributed by atoms with Gasteiger partial charge in [-0.05, 0) is 38.0 Å². The molecular formula is C23H25N7S. The molecular weight excluding hydrogens is 406 g/mol. The Hall–Kier alpha value is -3.00. The Morgan fingerprint density at radius 1 is 0.742 bits per heavy atom. The SMILES string of the molecule is Cc1cc2c(N3CCN(c4nc5ccccc5nc4N4CCCC4)CC3)ncnc2s1. The van der Waals surface area contributed by atoms with Crippen LogP contribution < -0.4 is 14.7 Å². The molecule has 0 saturated carbocycles. The summed E-state index contributed by atoms with van der Waals surface area (Å²) in [6, 6.07) is 10.4. The second-order valence-corrected chi connectivity index (χ2v) is 9.54. The van der Waals surface area contributed by atoms with E-state index >= 15 is 0 Å². The van der Waals surface area contributed by atoms with Gasteiger partial charge in [0.25, 0.3) is 0 Å². The van der Waals surface area contributed by atoms with Gasteiger partial charge in [-0.2, -0.15) is 0 Å². The first-order chi connectivity index (χ1) is 15.3. The third-order valence-corrected chi connectivity index (χ3v) is 7.21. The molecule has 4 aromatic rings. The number of aromatic nitrogens is 4. The maximum atomic E-state index is 5.07.